The van der Waals surface area contributed by atoms with Gasteiger partial charge in [-0.25, -0.2) is 0 Å². The molecule has 2 aromatic carbocycles. The van der Waals surface area contributed by atoms with Crippen molar-refractivity contribution in [2.75, 3.05) is 33.2 Å². The van der Waals surface area contributed by atoms with E-state index < -0.39 is 6.10 Å². The number of aliphatic hydroxyl groups excluding tert-OH is 1. The molecule has 2 atom stereocenters. The third kappa shape index (κ3) is 3.54. The molecule has 0 radical (unpaired) electrons. The van der Waals surface area contributed by atoms with E-state index in [0.29, 0.717) is 5.56 Å². The average Bonchev–Trinajstić information content (AvgIpc) is 3.14. The van der Waals surface area contributed by atoms with Gasteiger partial charge in [-0.15, -0.1) is 0 Å². The summed E-state index contributed by atoms with van der Waals surface area (Å²) in [5.41, 5.74) is 2.43. The highest BCUT2D eigenvalue weighted by Gasteiger charge is 2.35. The van der Waals surface area contributed by atoms with Gasteiger partial charge < -0.3 is 15.0 Å². The maximum absolute atomic E-state index is 13.2. The first-order valence-corrected chi connectivity index (χ1v) is 9.41. The number of carbonyl (C=O) groups excluding carboxylic acids is 1. The third-order valence-corrected chi connectivity index (χ3v) is 5.49. The molecule has 1 fully saturated rings. The summed E-state index contributed by atoms with van der Waals surface area (Å²) >= 11 is 0. The molecule has 140 valence electrons. The van der Waals surface area contributed by atoms with Crippen LogP contribution in [-0.4, -0.2) is 65.0 Å². The molecule has 27 heavy (non-hydrogen) atoms. The fourth-order valence-electron chi connectivity index (χ4n) is 3.92. The average molecular weight is 363 g/mol. The van der Waals surface area contributed by atoms with E-state index in [1.807, 2.05) is 54.6 Å². The molecule has 0 amide bonds. The predicted octanol–water partition coefficient (Wildman–Crippen LogP) is 2.70. The lowest BCUT2D eigenvalue weighted by atomic mass is 9.93. The topological polar surface area (TPSA) is 59.6 Å². The quantitative estimate of drug-likeness (QED) is 0.685. The summed E-state index contributed by atoms with van der Waals surface area (Å²) in [6, 6.07) is 17.2. The Morgan fingerprint density at radius 3 is 2.41 bits per heavy atom. The number of ketones is 1. The first kappa shape index (κ1) is 17.9. The lowest BCUT2D eigenvalue weighted by Gasteiger charge is -2.39. The highest BCUT2D eigenvalue weighted by molar-refractivity contribution is 6.10. The van der Waals surface area contributed by atoms with Crippen molar-refractivity contribution in [1.82, 2.24) is 14.8 Å². The number of aromatic amines is 1. The minimum atomic E-state index is -1.12. The van der Waals surface area contributed by atoms with Crippen LogP contribution >= 0.6 is 0 Å². The number of nitrogens with zero attached hydrogens (tertiary/aromatic N) is 2. The molecular weight excluding hydrogens is 338 g/mol. The van der Waals surface area contributed by atoms with Gasteiger partial charge in [-0.05, 0) is 18.7 Å². The molecule has 5 heteroatoms. The van der Waals surface area contributed by atoms with Crippen molar-refractivity contribution in [2.24, 2.45) is 0 Å². The van der Waals surface area contributed by atoms with Crippen LogP contribution in [0.3, 0.4) is 0 Å². The summed E-state index contributed by atoms with van der Waals surface area (Å²) in [4.78, 5) is 20.9. The van der Waals surface area contributed by atoms with Crippen LogP contribution in [0.4, 0.5) is 0 Å². The van der Waals surface area contributed by atoms with Crippen molar-refractivity contribution in [3.8, 4) is 0 Å². The summed E-state index contributed by atoms with van der Waals surface area (Å²) in [5.74, 6) is -0.236. The molecule has 4 rings (SSSR count). The minimum absolute atomic E-state index is 0.236. The molecule has 1 aromatic heterocycles. The van der Waals surface area contributed by atoms with Gasteiger partial charge in [0.15, 0.2) is 5.78 Å². The van der Waals surface area contributed by atoms with Crippen LogP contribution < -0.4 is 0 Å². The van der Waals surface area contributed by atoms with Gasteiger partial charge in [0, 0.05) is 48.8 Å². The fraction of sp³-hybridized carbons (Fsp3) is 0.318. The Hall–Kier alpha value is -2.47. The summed E-state index contributed by atoms with van der Waals surface area (Å²) in [6.07, 6.45) is 0.595. The third-order valence-electron chi connectivity index (χ3n) is 5.49. The second kappa shape index (κ2) is 7.64. The standard InChI is InChI=1S/C22H25N3O2/c1-24-11-13-25(14-12-24)20(16-7-3-2-4-8-16)22(27)21(26)18-15-23-19-10-6-5-9-17(18)19/h2-10,15,20,22-23,27H,11-14H2,1H3/t20-,22-/m0/s1. The molecule has 1 saturated heterocycles. The van der Waals surface area contributed by atoms with Crippen molar-refractivity contribution in [1.29, 1.82) is 0 Å². The monoisotopic (exact) mass is 363 g/mol. The molecular formula is C22H25N3O2. The van der Waals surface area contributed by atoms with Crippen molar-refractivity contribution >= 4 is 16.7 Å². The number of fused-ring (bicyclic) bond motifs is 1. The number of piperazine rings is 1. The Balaban J connectivity index is 1.67. The number of benzene rings is 2. The van der Waals surface area contributed by atoms with Gasteiger partial charge >= 0.3 is 0 Å². The van der Waals surface area contributed by atoms with Crippen LogP contribution in [0, 0.1) is 0 Å². The first-order valence-electron chi connectivity index (χ1n) is 9.41. The second-order valence-electron chi connectivity index (χ2n) is 7.25. The normalized spacial score (nSPS) is 18.4. The number of carbonyl (C=O) groups is 1. The number of aliphatic hydroxyl groups is 1. The van der Waals surface area contributed by atoms with E-state index >= 15 is 0 Å². The maximum Gasteiger partial charge on any atom is 0.195 e. The van der Waals surface area contributed by atoms with Gasteiger partial charge in [0.2, 0.25) is 0 Å². The van der Waals surface area contributed by atoms with E-state index in [4.69, 9.17) is 0 Å². The first-order chi connectivity index (χ1) is 13.1. The summed E-state index contributed by atoms with van der Waals surface area (Å²) in [6.45, 7) is 3.51. The van der Waals surface area contributed by atoms with Gasteiger partial charge in [0.1, 0.15) is 6.10 Å². The molecule has 2 heterocycles. The van der Waals surface area contributed by atoms with E-state index in [2.05, 4.69) is 21.8 Å². The number of H-pyrrole nitrogens is 1. The largest absolute Gasteiger partial charge is 0.383 e. The Morgan fingerprint density at radius 2 is 1.67 bits per heavy atom. The summed E-state index contributed by atoms with van der Waals surface area (Å²) < 4.78 is 0. The number of Topliss-reactive ketones (excluding diaryl/α,β-unsaturated/α-hetero) is 1. The van der Waals surface area contributed by atoms with Crippen LogP contribution in [-0.2, 0) is 0 Å². The zero-order valence-corrected chi connectivity index (χ0v) is 15.5. The van der Waals surface area contributed by atoms with E-state index in [9.17, 15) is 9.90 Å². The van der Waals surface area contributed by atoms with Gasteiger partial charge in [0.05, 0.1) is 6.04 Å². The van der Waals surface area contributed by atoms with E-state index in [1.165, 1.54) is 0 Å². The molecule has 0 bridgehead atoms. The fourth-order valence-corrected chi connectivity index (χ4v) is 3.92. The van der Waals surface area contributed by atoms with Crippen LogP contribution in [0.1, 0.15) is 22.0 Å². The molecule has 5 nitrogen and oxygen atoms in total. The lowest BCUT2D eigenvalue weighted by molar-refractivity contribution is 0.0227. The number of hydrogen-bond donors (Lipinski definition) is 2. The Morgan fingerprint density at radius 1 is 1.00 bits per heavy atom. The minimum Gasteiger partial charge on any atom is -0.383 e. The van der Waals surface area contributed by atoms with Crippen LogP contribution in [0.5, 0.6) is 0 Å². The van der Waals surface area contributed by atoms with Crippen molar-refractivity contribution < 1.29 is 9.90 Å². The highest BCUT2D eigenvalue weighted by atomic mass is 16.3. The van der Waals surface area contributed by atoms with Gasteiger partial charge in [-0.1, -0.05) is 48.5 Å². The molecule has 2 N–H and O–H groups in total. The molecule has 3 aromatic rings. The Kier molecular flexibility index (Phi) is 5.07. The molecule has 1 aliphatic heterocycles. The lowest BCUT2D eigenvalue weighted by Crippen LogP contribution is -2.50. The van der Waals surface area contributed by atoms with Crippen molar-refractivity contribution in [3.05, 3.63) is 71.9 Å². The molecule has 0 spiro atoms. The van der Waals surface area contributed by atoms with E-state index in [0.717, 1.165) is 42.6 Å². The zero-order valence-electron chi connectivity index (χ0n) is 15.5. The molecule has 0 unspecified atom stereocenters. The number of rotatable bonds is 5. The predicted molar refractivity (Wildman–Crippen MR) is 107 cm³/mol. The second-order valence-corrected chi connectivity index (χ2v) is 7.25. The van der Waals surface area contributed by atoms with Crippen LogP contribution in [0.2, 0.25) is 0 Å². The van der Waals surface area contributed by atoms with Crippen molar-refractivity contribution in [3.63, 3.8) is 0 Å². The number of para-hydroxylation sites is 1. The van der Waals surface area contributed by atoms with Crippen LogP contribution in [0.25, 0.3) is 10.9 Å². The molecule has 1 aliphatic rings. The van der Waals surface area contributed by atoms with E-state index in [1.54, 1.807) is 6.20 Å². The smallest absolute Gasteiger partial charge is 0.195 e. The number of nitrogens with one attached hydrogen (secondary N) is 1. The molecule has 0 aliphatic carbocycles. The van der Waals surface area contributed by atoms with Crippen LogP contribution in [0.15, 0.2) is 60.8 Å². The maximum atomic E-state index is 13.2. The Bertz CT molecular complexity index is 913. The number of likely N-dealkylation sites (N-methyl/N-ethyl adjacent to an activating group) is 1. The Labute approximate surface area is 159 Å². The van der Waals surface area contributed by atoms with E-state index in [-0.39, 0.29) is 11.8 Å². The van der Waals surface area contributed by atoms with Gasteiger partial charge in [0.25, 0.3) is 0 Å². The summed E-state index contributed by atoms with van der Waals surface area (Å²) in [7, 11) is 2.10. The number of aromatic nitrogens is 1. The highest BCUT2D eigenvalue weighted by Crippen LogP contribution is 2.29. The number of hydrogen-bond acceptors (Lipinski definition) is 4. The summed E-state index contributed by atoms with van der Waals surface area (Å²) in [5, 5.41) is 12.0. The van der Waals surface area contributed by atoms with Gasteiger partial charge in [-0.3, -0.25) is 9.69 Å². The molecule has 0 saturated carbocycles. The SMILES string of the molecule is CN1CCN([C@@H](c2ccccc2)[C@H](O)C(=O)c2c[nH]c3ccccc23)CC1. The van der Waals surface area contributed by atoms with Crippen molar-refractivity contribution in [2.45, 2.75) is 12.1 Å². The van der Waals surface area contributed by atoms with Gasteiger partial charge in [-0.2, -0.15) is 0 Å². The zero-order chi connectivity index (χ0) is 18.8.